The lowest BCUT2D eigenvalue weighted by Gasteiger charge is -2.08. The summed E-state index contributed by atoms with van der Waals surface area (Å²) < 4.78 is 5.29. The lowest BCUT2D eigenvalue weighted by atomic mass is 9.98. The van der Waals surface area contributed by atoms with Crippen molar-refractivity contribution in [2.24, 2.45) is 5.92 Å². The first-order chi connectivity index (χ1) is 7.25. The van der Waals surface area contributed by atoms with Gasteiger partial charge >= 0.3 is 0 Å². The molecule has 2 N–H and O–H groups in total. The van der Waals surface area contributed by atoms with Crippen molar-refractivity contribution in [1.82, 2.24) is 0 Å². The molecule has 0 spiro atoms. The average Bonchev–Trinajstić information content (AvgIpc) is 2.69. The number of phenolic OH excluding ortho intramolecular Hbond substituents is 2. The topological polar surface area (TPSA) is 49.7 Å². The van der Waals surface area contributed by atoms with Crippen LogP contribution in [0.25, 0.3) is 0 Å². The summed E-state index contributed by atoms with van der Waals surface area (Å²) in [4.78, 5) is 0. The van der Waals surface area contributed by atoms with Crippen molar-refractivity contribution in [3.63, 3.8) is 0 Å². The van der Waals surface area contributed by atoms with Gasteiger partial charge in [0, 0.05) is 19.3 Å². The molecule has 1 aliphatic rings. The molecule has 1 atom stereocenters. The molecular weight excluding hydrogens is 192 g/mol. The zero-order valence-corrected chi connectivity index (χ0v) is 8.65. The fraction of sp³-hybridized carbons (Fsp3) is 0.500. The van der Waals surface area contributed by atoms with Crippen molar-refractivity contribution in [1.29, 1.82) is 0 Å². The lowest BCUT2D eigenvalue weighted by molar-refractivity contribution is 0.184. The molecule has 0 saturated carbocycles. The summed E-state index contributed by atoms with van der Waals surface area (Å²) in [7, 11) is 0. The molecule has 1 heterocycles. The van der Waals surface area contributed by atoms with E-state index in [1.807, 2.05) is 0 Å². The summed E-state index contributed by atoms with van der Waals surface area (Å²) in [5, 5.41) is 18.7. The van der Waals surface area contributed by atoms with E-state index >= 15 is 0 Å². The molecule has 1 unspecified atom stereocenters. The molecule has 3 heteroatoms. The molecule has 1 saturated heterocycles. The van der Waals surface area contributed by atoms with Crippen molar-refractivity contribution in [3.05, 3.63) is 23.8 Å². The van der Waals surface area contributed by atoms with Crippen molar-refractivity contribution in [2.45, 2.75) is 19.3 Å². The molecule has 82 valence electrons. The van der Waals surface area contributed by atoms with Gasteiger partial charge in [0.05, 0.1) is 0 Å². The van der Waals surface area contributed by atoms with Crippen LogP contribution in [0.1, 0.15) is 18.4 Å². The van der Waals surface area contributed by atoms with E-state index in [0.29, 0.717) is 5.92 Å². The number of aromatic hydroxyl groups is 2. The molecule has 2 rings (SSSR count). The summed E-state index contributed by atoms with van der Waals surface area (Å²) in [6.45, 7) is 1.71. The highest BCUT2D eigenvalue weighted by Crippen LogP contribution is 2.26. The Morgan fingerprint density at radius 3 is 2.87 bits per heavy atom. The van der Waals surface area contributed by atoms with Gasteiger partial charge in [-0.1, -0.05) is 6.07 Å². The first kappa shape index (κ1) is 10.3. The van der Waals surface area contributed by atoms with E-state index in [1.165, 1.54) is 6.07 Å². The number of rotatable bonds is 3. The highest BCUT2D eigenvalue weighted by Gasteiger charge is 2.15. The van der Waals surface area contributed by atoms with Crippen molar-refractivity contribution in [2.75, 3.05) is 13.2 Å². The molecule has 0 radical (unpaired) electrons. The highest BCUT2D eigenvalue weighted by atomic mass is 16.5. The minimum absolute atomic E-state index is 0.112. The molecule has 1 aromatic rings. The van der Waals surface area contributed by atoms with E-state index in [9.17, 15) is 5.11 Å². The maximum absolute atomic E-state index is 9.57. The summed E-state index contributed by atoms with van der Waals surface area (Å²) in [5.41, 5.74) is 0.903. The standard InChI is InChI=1S/C12H16O3/c13-11-4-3-10(12(14)7-11)2-1-9-5-6-15-8-9/h3-4,7,9,13-14H,1-2,5-6,8H2. The molecule has 0 aliphatic carbocycles. The van der Waals surface area contributed by atoms with Gasteiger partial charge in [-0.05, 0) is 36.8 Å². The molecule has 3 nitrogen and oxygen atoms in total. The van der Waals surface area contributed by atoms with Crippen LogP contribution in [-0.4, -0.2) is 23.4 Å². The average molecular weight is 208 g/mol. The zero-order valence-electron chi connectivity index (χ0n) is 8.65. The lowest BCUT2D eigenvalue weighted by Crippen LogP contribution is -2.01. The molecule has 0 bridgehead atoms. The van der Waals surface area contributed by atoms with E-state index in [-0.39, 0.29) is 11.5 Å². The van der Waals surface area contributed by atoms with E-state index in [4.69, 9.17) is 9.84 Å². The Labute approximate surface area is 89.3 Å². The third-order valence-corrected chi connectivity index (χ3v) is 2.91. The van der Waals surface area contributed by atoms with Crippen LogP contribution in [-0.2, 0) is 11.2 Å². The van der Waals surface area contributed by atoms with Gasteiger partial charge in [-0.25, -0.2) is 0 Å². The van der Waals surface area contributed by atoms with Gasteiger partial charge in [0.2, 0.25) is 0 Å². The SMILES string of the molecule is Oc1ccc(CCC2CCOC2)c(O)c1. The fourth-order valence-corrected chi connectivity index (χ4v) is 1.93. The molecule has 15 heavy (non-hydrogen) atoms. The molecular formula is C12H16O3. The largest absolute Gasteiger partial charge is 0.508 e. The van der Waals surface area contributed by atoms with Crippen molar-refractivity contribution < 1.29 is 14.9 Å². The smallest absolute Gasteiger partial charge is 0.122 e. The molecule has 0 amide bonds. The van der Waals surface area contributed by atoms with Crippen molar-refractivity contribution in [3.8, 4) is 11.5 Å². The monoisotopic (exact) mass is 208 g/mol. The number of benzene rings is 1. The normalized spacial score (nSPS) is 20.7. The van der Waals surface area contributed by atoms with E-state index in [0.717, 1.165) is 38.0 Å². The minimum atomic E-state index is 0.112. The van der Waals surface area contributed by atoms with E-state index < -0.39 is 0 Å². The quantitative estimate of drug-likeness (QED) is 0.799. The summed E-state index contributed by atoms with van der Waals surface area (Å²) in [5.74, 6) is 0.924. The van der Waals surface area contributed by atoms with Crippen LogP contribution in [0.4, 0.5) is 0 Å². The predicted molar refractivity (Wildman–Crippen MR) is 57.0 cm³/mol. The highest BCUT2D eigenvalue weighted by molar-refractivity contribution is 5.38. The number of hydrogen-bond acceptors (Lipinski definition) is 3. The Bertz CT molecular complexity index is 330. The number of aryl methyl sites for hydroxylation is 1. The third kappa shape index (κ3) is 2.63. The molecule has 0 aromatic heterocycles. The van der Waals surface area contributed by atoms with Gasteiger partial charge in [0.1, 0.15) is 11.5 Å². The van der Waals surface area contributed by atoms with Gasteiger partial charge in [-0.2, -0.15) is 0 Å². The Kier molecular flexibility index (Phi) is 3.11. The summed E-state index contributed by atoms with van der Waals surface area (Å²) in [6, 6.07) is 4.78. The number of ether oxygens (including phenoxy) is 1. The van der Waals surface area contributed by atoms with Gasteiger partial charge in [0.25, 0.3) is 0 Å². The first-order valence-corrected chi connectivity index (χ1v) is 5.34. The van der Waals surface area contributed by atoms with Crippen molar-refractivity contribution >= 4 is 0 Å². The van der Waals surface area contributed by atoms with Crippen LogP contribution in [0.2, 0.25) is 0 Å². The zero-order chi connectivity index (χ0) is 10.7. The van der Waals surface area contributed by atoms with Gasteiger partial charge in [0.15, 0.2) is 0 Å². The maximum atomic E-state index is 9.57. The molecule has 1 aliphatic heterocycles. The van der Waals surface area contributed by atoms with Gasteiger partial charge in [-0.15, -0.1) is 0 Å². The van der Waals surface area contributed by atoms with E-state index in [2.05, 4.69) is 0 Å². The third-order valence-electron chi connectivity index (χ3n) is 2.91. The number of hydrogen-bond donors (Lipinski definition) is 2. The Morgan fingerprint density at radius 2 is 2.20 bits per heavy atom. The Hall–Kier alpha value is -1.22. The summed E-state index contributed by atoms with van der Waals surface area (Å²) >= 11 is 0. The minimum Gasteiger partial charge on any atom is -0.508 e. The molecule has 1 aromatic carbocycles. The molecule has 1 fully saturated rings. The second-order valence-electron chi connectivity index (χ2n) is 4.08. The van der Waals surface area contributed by atoms with Crippen LogP contribution in [0, 0.1) is 5.92 Å². The maximum Gasteiger partial charge on any atom is 0.122 e. The van der Waals surface area contributed by atoms with Crippen LogP contribution in [0.5, 0.6) is 11.5 Å². The second-order valence-corrected chi connectivity index (χ2v) is 4.08. The first-order valence-electron chi connectivity index (χ1n) is 5.34. The Morgan fingerprint density at radius 1 is 1.33 bits per heavy atom. The number of phenols is 2. The van der Waals surface area contributed by atoms with Gasteiger partial charge in [-0.3, -0.25) is 0 Å². The Balaban J connectivity index is 1.92. The van der Waals surface area contributed by atoms with Crippen LogP contribution < -0.4 is 0 Å². The fourth-order valence-electron chi connectivity index (χ4n) is 1.93. The van der Waals surface area contributed by atoms with Crippen LogP contribution in [0.3, 0.4) is 0 Å². The van der Waals surface area contributed by atoms with E-state index in [1.54, 1.807) is 12.1 Å². The summed E-state index contributed by atoms with van der Waals surface area (Å²) in [6.07, 6.45) is 3.01. The van der Waals surface area contributed by atoms with Crippen LogP contribution in [0.15, 0.2) is 18.2 Å². The van der Waals surface area contributed by atoms with Crippen LogP contribution >= 0.6 is 0 Å². The predicted octanol–water partition coefficient (Wildman–Crippen LogP) is 2.07. The second kappa shape index (κ2) is 4.53. The van der Waals surface area contributed by atoms with Gasteiger partial charge < -0.3 is 14.9 Å².